The molecule has 0 saturated heterocycles. The normalized spacial score (nSPS) is 14.6. The maximum atomic E-state index is 12.5. The van der Waals surface area contributed by atoms with Crippen molar-refractivity contribution in [2.45, 2.75) is 52.3 Å². The molecule has 1 rings (SSSR count). The molecule has 1 aromatic carbocycles. The molecule has 0 heterocycles. The topological polar surface area (TPSA) is 49.3 Å². The molecule has 0 fully saturated rings. The third-order valence-corrected chi connectivity index (χ3v) is 3.97. The number of carbonyl (C=O) groups is 1. The van der Waals surface area contributed by atoms with Crippen molar-refractivity contribution in [3.63, 3.8) is 0 Å². The third kappa shape index (κ3) is 7.34. The van der Waals surface area contributed by atoms with Crippen LogP contribution in [-0.4, -0.2) is 23.7 Å². The zero-order valence-electron chi connectivity index (χ0n) is 14.4. The highest BCUT2D eigenvalue weighted by atomic mass is 19.4. The van der Waals surface area contributed by atoms with Crippen LogP contribution in [0.15, 0.2) is 24.3 Å². The number of nitrogens with one attached hydrogen (secondary N) is 1. The van der Waals surface area contributed by atoms with Crippen molar-refractivity contribution in [3.8, 4) is 0 Å². The first-order valence-corrected chi connectivity index (χ1v) is 8.22. The molecule has 0 bridgehead atoms. The summed E-state index contributed by atoms with van der Waals surface area (Å²) in [5.41, 5.74) is 0.198. The first kappa shape index (κ1) is 20.5. The molecule has 6 heteroatoms. The number of hydrogen-bond acceptors (Lipinski definition) is 2. The highest BCUT2D eigenvalue weighted by Crippen LogP contribution is 2.29. The van der Waals surface area contributed by atoms with Gasteiger partial charge in [-0.2, -0.15) is 13.2 Å². The van der Waals surface area contributed by atoms with Crippen molar-refractivity contribution in [2.75, 3.05) is 6.54 Å². The number of rotatable bonds is 9. The molecular weight excluding hydrogens is 319 g/mol. The Kier molecular flexibility index (Phi) is 7.73. The second kappa shape index (κ2) is 9.06. The molecule has 2 N–H and O–H groups in total. The minimum absolute atomic E-state index is 0.0984. The van der Waals surface area contributed by atoms with Gasteiger partial charge in [0.1, 0.15) is 0 Å². The zero-order valence-corrected chi connectivity index (χ0v) is 14.4. The van der Waals surface area contributed by atoms with Crippen LogP contribution in [0.2, 0.25) is 0 Å². The number of hydrogen-bond donors (Lipinski definition) is 2. The Morgan fingerprint density at radius 2 is 1.75 bits per heavy atom. The van der Waals surface area contributed by atoms with E-state index in [1.54, 1.807) is 0 Å². The second-order valence-corrected chi connectivity index (χ2v) is 6.71. The van der Waals surface area contributed by atoms with Crippen LogP contribution in [0.5, 0.6) is 0 Å². The predicted molar refractivity (Wildman–Crippen MR) is 87.8 cm³/mol. The minimum atomic E-state index is -4.31. The SMILES string of the molecule is CC(C)CC(CNC(C)CCc1ccc(C(F)(F)F)cc1)C(=O)O. The molecule has 1 aromatic rings. The van der Waals surface area contributed by atoms with E-state index in [1.165, 1.54) is 12.1 Å². The van der Waals surface area contributed by atoms with Gasteiger partial charge in [0.25, 0.3) is 0 Å². The van der Waals surface area contributed by atoms with Crippen LogP contribution in [0.4, 0.5) is 13.2 Å². The van der Waals surface area contributed by atoms with E-state index in [-0.39, 0.29) is 6.04 Å². The molecule has 2 unspecified atom stereocenters. The van der Waals surface area contributed by atoms with Gasteiger partial charge in [0.2, 0.25) is 0 Å². The molecule has 0 amide bonds. The molecule has 0 aliphatic heterocycles. The van der Waals surface area contributed by atoms with Gasteiger partial charge in [-0.05, 0) is 49.8 Å². The number of aryl methyl sites for hydroxylation is 1. The molecule has 0 radical (unpaired) electrons. The van der Waals surface area contributed by atoms with Gasteiger partial charge < -0.3 is 10.4 Å². The Morgan fingerprint density at radius 3 is 2.21 bits per heavy atom. The lowest BCUT2D eigenvalue weighted by atomic mass is 9.96. The molecular formula is C18H26F3NO2. The number of aliphatic carboxylic acids is 1. The summed E-state index contributed by atoms with van der Waals surface area (Å²) in [4.78, 5) is 11.2. The van der Waals surface area contributed by atoms with Crippen molar-refractivity contribution >= 4 is 5.97 Å². The van der Waals surface area contributed by atoms with E-state index in [1.807, 2.05) is 20.8 Å². The predicted octanol–water partition coefficient (Wildman–Crippen LogP) is 4.36. The van der Waals surface area contributed by atoms with E-state index >= 15 is 0 Å². The van der Waals surface area contributed by atoms with Crippen LogP contribution in [0.1, 0.15) is 44.7 Å². The van der Waals surface area contributed by atoms with E-state index in [2.05, 4.69) is 5.32 Å². The molecule has 0 aromatic heterocycles. The zero-order chi connectivity index (χ0) is 18.3. The van der Waals surface area contributed by atoms with Gasteiger partial charge in [-0.15, -0.1) is 0 Å². The van der Waals surface area contributed by atoms with Crippen LogP contribution in [0, 0.1) is 11.8 Å². The Bertz CT molecular complexity index is 512. The molecule has 0 aliphatic carbocycles. The Balaban J connectivity index is 2.43. The fourth-order valence-electron chi connectivity index (χ4n) is 2.53. The van der Waals surface area contributed by atoms with Gasteiger partial charge >= 0.3 is 12.1 Å². The smallest absolute Gasteiger partial charge is 0.416 e. The standard InChI is InChI=1S/C18H26F3NO2/c1-12(2)10-15(17(23)24)11-22-13(3)4-5-14-6-8-16(9-7-14)18(19,20)21/h6-9,12-13,15,22H,4-5,10-11H2,1-3H3,(H,23,24). The van der Waals surface area contributed by atoms with Crippen molar-refractivity contribution in [1.29, 1.82) is 0 Å². The molecule has 2 atom stereocenters. The van der Waals surface area contributed by atoms with Gasteiger partial charge in [0.05, 0.1) is 11.5 Å². The highest BCUT2D eigenvalue weighted by Gasteiger charge is 2.29. The number of benzene rings is 1. The van der Waals surface area contributed by atoms with Gasteiger partial charge in [-0.1, -0.05) is 26.0 Å². The fourth-order valence-corrected chi connectivity index (χ4v) is 2.53. The molecule has 3 nitrogen and oxygen atoms in total. The van der Waals surface area contributed by atoms with Gasteiger partial charge in [0, 0.05) is 12.6 Å². The lowest BCUT2D eigenvalue weighted by Crippen LogP contribution is -2.35. The van der Waals surface area contributed by atoms with Gasteiger partial charge in [0.15, 0.2) is 0 Å². The second-order valence-electron chi connectivity index (χ2n) is 6.71. The summed E-state index contributed by atoms with van der Waals surface area (Å²) in [6.45, 7) is 6.34. The number of alkyl halides is 3. The van der Waals surface area contributed by atoms with Crippen LogP contribution in [0.25, 0.3) is 0 Å². The summed E-state index contributed by atoms with van der Waals surface area (Å²) in [5, 5.41) is 12.4. The van der Waals surface area contributed by atoms with Crippen molar-refractivity contribution in [3.05, 3.63) is 35.4 Å². The highest BCUT2D eigenvalue weighted by molar-refractivity contribution is 5.70. The van der Waals surface area contributed by atoms with Gasteiger partial charge in [-0.3, -0.25) is 4.79 Å². The number of halogens is 3. The lowest BCUT2D eigenvalue weighted by molar-refractivity contribution is -0.142. The van der Waals surface area contributed by atoms with Crippen LogP contribution in [-0.2, 0) is 17.4 Å². The lowest BCUT2D eigenvalue weighted by Gasteiger charge is -2.19. The average Bonchev–Trinajstić information content (AvgIpc) is 2.48. The summed E-state index contributed by atoms with van der Waals surface area (Å²) >= 11 is 0. The summed E-state index contributed by atoms with van der Waals surface area (Å²) in [5.74, 6) is -0.903. The van der Waals surface area contributed by atoms with Crippen LogP contribution < -0.4 is 5.32 Å². The largest absolute Gasteiger partial charge is 0.481 e. The van der Waals surface area contributed by atoms with E-state index in [0.717, 1.165) is 24.1 Å². The average molecular weight is 345 g/mol. The molecule has 0 saturated carbocycles. The Hall–Kier alpha value is -1.56. The quantitative estimate of drug-likeness (QED) is 0.699. The first-order valence-electron chi connectivity index (χ1n) is 8.22. The van der Waals surface area contributed by atoms with Crippen LogP contribution >= 0.6 is 0 Å². The third-order valence-electron chi connectivity index (χ3n) is 3.97. The Labute approximate surface area is 141 Å². The molecule has 24 heavy (non-hydrogen) atoms. The maximum absolute atomic E-state index is 12.5. The van der Waals surface area contributed by atoms with E-state index < -0.39 is 23.6 Å². The minimum Gasteiger partial charge on any atom is -0.481 e. The van der Waals surface area contributed by atoms with E-state index in [0.29, 0.717) is 25.3 Å². The Morgan fingerprint density at radius 1 is 1.17 bits per heavy atom. The first-order chi connectivity index (χ1) is 11.1. The number of carboxylic acid groups (broad SMARTS) is 1. The van der Waals surface area contributed by atoms with E-state index in [9.17, 15) is 23.1 Å². The van der Waals surface area contributed by atoms with E-state index in [4.69, 9.17) is 0 Å². The monoisotopic (exact) mass is 345 g/mol. The molecule has 136 valence electrons. The summed E-state index contributed by atoms with van der Waals surface area (Å²) in [6, 6.07) is 5.27. The summed E-state index contributed by atoms with van der Waals surface area (Å²) < 4.78 is 37.5. The maximum Gasteiger partial charge on any atom is 0.416 e. The van der Waals surface area contributed by atoms with Crippen molar-refractivity contribution in [1.82, 2.24) is 5.32 Å². The van der Waals surface area contributed by atoms with Crippen molar-refractivity contribution < 1.29 is 23.1 Å². The van der Waals surface area contributed by atoms with Crippen LogP contribution in [0.3, 0.4) is 0 Å². The summed E-state index contributed by atoms with van der Waals surface area (Å²) in [6.07, 6.45) is -2.31. The van der Waals surface area contributed by atoms with Crippen molar-refractivity contribution in [2.24, 2.45) is 11.8 Å². The van der Waals surface area contributed by atoms with Gasteiger partial charge in [-0.25, -0.2) is 0 Å². The number of carboxylic acids is 1. The molecule has 0 spiro atoms. The molecule has 0 aliphatic rings. The summed E-state index contributed by atoms with van der Waals surface area (Å²) in [7, 11) is 0. The fraction of sp³-hybridized carbons (Fsp3) is 0.611.